The molecule has 0 aliphatic heterocycles. The van der Waals surface area contributed by atoms with Crippen LogP contribution >= 0.6 is 11.8 Å². The van der Waals surface area contributed by atoms with E-state index in [0.717, 1.165) is 17.7 Å². The van der Waals surface area contributed by atoms with Crippen molar-refractivity contribution in [3.8, 4) is 17.0 Å². The van der Waals surface area contributed by atoms with Gasteiger partial charge in [0, 0.05) is 12.1 Å². The molecule has 6 nitrogen and oxygen atoms in total. The third kappa shape index (κ3) is 3.55. The van der Waals surface area contributed by atoms with Crippen LogP contribution in [0.25, 0.3) is 11.3 Å². The predicted octanol–water partition coefficient (Wildman–Crippen LogP) is 2.41. The summed E-state index contributed by atoms with van der Waals surface area (Å²) in [6.07, 6.45) is 2.94. The number of rotatable bonds is 7. The molecule has 2 rings (SSSR count). The summed E-state index contributed by atoms with van der Waals surface area (Å²) in [7, 11) is 1.57. The first kappa shape index (κ1) is 15.4. The summed E-state index contributed by atoms with van der Waals surface area (Å²) in [6.45, 7) is 0.633. The van der Waals surface area contributed by atoms with E-state index in [4.69, 9.17) is 4.74 Å². The number of aromatic carboxylic acids is 1. The highest BCUT2D eigenvalue weighted by Gasteiger charge is 2.20. The number of hydrogen-bond donors (Lipinski definition) is 1. The lowest BCUT2D eigenvalue weighted by atomic mass is 10.1. The van der Waals surface area contributed by atoms with Gasteiger partial charge in [-0.25, -0.2) is 9.48 Å². The molecule has 1 aromatic heterocycles. The Labute approximate surface area is 127 Å². The first-order valence-electron chi connectivity index (χ1n) is 6.47. The third-order valence-electron chi connectivity index (χ3n) is 3.00. The number of nitrogens with zero attached hydrogens (tertiary/aromatic N) is 3. The Balaban J connectivity index is 2.42. The lowest BCUT2D eigenvalue weighted by Gasteiger charge is -2.08. The second kappa shape index (κ2) is 7.12. The van der Waals surface area contributed by atoms with Gasteiger partial charge in [0.15, 0.2) is 5.69 Å². The Kier molecular flexibility index (Phi) is 5.21. The van der Waals surface area contributed by atoms with Gasteiger partial charge in [-0.05, 0) is 30.6 Å². The van der Waals surface area contributed by atoms with Crippen molar-refractivity contribution in [1.82, 2.24) is 15.0 Å². The number of ether oxygens (including phenoxy) is 1. The average Bonchev–Trinajstić information content (AvgIpc) is 2.92. The van der Waals surface area contributed by atoms with Crippen molar-refractivity contribution >= 4 is 17.7 Å². The topological polar surface area (TPSA) is 77.2 Å². The molecular weight excluding hydrogens is 290 g/mol. The van der Waals surface area contributed by atoms with Gasteiger partial charge in [0.1, 0.15) is 11.4 Å². The molecule has 0 aliphatic carbocycles. The molecule has 0 unspecified atom stereocenters. The number of benzene rings is 1. The highest BCUT2D eigenvalue weighted by molar-refractivity contribution is 7.98. The summed E-state index contributed by atoms with van der Waals surface area (Å²) in [6, 6.07) is 7.25. The number of carboxylic acid groups (broad SMARTS) is 1. The highest BCUT2D eigenvalue weighted by Crippen LogP contribution is 2.26. The smallest absolute Gasteiger partial charge is 0.358 e. The molecule has 0 saturated carbocycles. The van der Waals surface area contributed by atoms with Gasteiger partial charge in [-0.3, -0.25) is 0 Å². The van der Waals surface area contributed by atoms with E-state index in [1.165, 1.54) is 0 Å². The molecule has 0 amide bonds. The molecule has 1 N–H and O–H groups in total. The van der Waals surface area contributed by atoms with E-state index >= 15 is 0 Å². The Morgan fingerprint density at radius 1 is 1.48 bits per heavy atom. The van der Waals surface area contributed by atoms with E-state index < -0.39 is 5.97 Å². The lowest BCUT2D eigenvalue weighted by Crippen LogP contribution is -2.06. The Morgan fingerprint density at radius 3 is 2.95 bits per heavy atom. The molecule has 0 radical (unpaired) electrons. The largest absolute Gasteiger partial charge is 0.497 e. The second-order valence-corrected chi connectivity index (χ2v) is 5.38. The number of hydrogen-bond acceptors (Lipinski definition) is 5. The molecule has 0 aliphatic rings. The minimum atomic E-state index is -1.08. The Hall–Kier alpha value is -2.02. The van der Waals surface area contributed by atoms with E-state index in [-0.39, 0.29) is 5.69 Å². The van der Waals surface area contributed by atoms with Crippen molar-refractivity contribution in [2.24, 2.45) is 0 Å². The van der Waals surface area contributed by atoms with Crippen molar-refractivity contribution < 1.29 is 14.6 Å². The summed E-state index contributed by atoms with van der Waals surface area (Å²) in [5, 5.41) is 17.1. The average molecular weight is 307 g/mol. The molecule has 0 bridgehead atoms. The zero-order valence-corrected chi connectivity index (χ0v) is 12.8. The van der Waals surface area contributed by atoms with Crippen molar-refractivity contribution in [2.45, 2.75) is 13.0 Å². The van der Waals surface area contributed by atoms with E-state index in [2.05, 4.69) is 10.3 Å². The molecule has 1 heterocycles. The molecule has 1 aromatic carbocycles. The molecular formula is C14H17N3O3S. The maximum Gasteiger partial charge on any atom is 0.358 e. The molecule has 0 spiro atoms. The van der Waals surface area contributed by atoms with Crippen LogP contribution in [0.15, 0.2) is 24.3 Å². The monoisotopic (exact) mass is 307 g/mol. The maximum atomic E-state index is 11.3. The fraction of sp³-hybridized carbons (Fsp3) is 0.357. The van der Waals surface area contributed by atoms with Gasteiger partial charge in [0.05, 0.1) is 7.11 Å². The van der Waals surface area contributed by atoms with Crippen LogP contribution in [0.2, 0.25) is 0 Å². The first-order chi connectivity index (χ1) is 10.2. The minimum Gasteiger partial charge on any atom is -0.497 e. The quantitative estimate of drug-likeness (QED) is 0.792. The summed E-state index contributed by atoms with van der Waals surface area (Å²) in [5.74, 6) is 0.574. The van der Waals surface area contributed by atoms with Crippen molar-refractivity contribution in [2.75, 3.05) is 19.1 Å². The van der Waals surface area contributed by atoms with Crippen molar-refractivity contribution in [3.63, 3.8) is 0 Å². The maximum absolute atomic E-state index is 11.3. The van der Waals surface area contributed by atoms with Gasteiger partial charge in [-0.2, -0.15) is 11.8 Å². The van der Waals surface area contributed by atoms with Crippen LogP contribution in [0.1, 0.15) is 16.9 Å². The fourth-order valence-corrected chi connectivity index (χ4v) is 2.45. The number of aryl methyl sites for hydroxylation is 1. The SMILES string of the molecule is COc1cccc(-c2c(C(=O)O)nnn2CCCSC)c1. The fourth-order valence-electron chi connectivity index (χ4n) is 2.03. The molecule has 112 valence electrons. The van der Waals surface area contributed by atoms with Crippen LogP contribution in [-0.2, 0) is 6.54 Å². The van der Waals surface area contributed by atoms with Crippen LogP contribution < -0.4 is 4.74 Å². The molecule has 21 heavy (non-hydrogen) atoms. The van der Waals surface area contributed by atoms with E-state index in [1.807, 2.05) is 24.5 Å². The summed E-state index contributed by atoms with van der Waals surface area (Å²) in [4.78, 5) is 11.3. The highest BCUT2D eigenvalue weighted by atomic mass is 32.2. The number of aromatic nitrogens is 3. The molecule has 0 atom stereocenters. The summed E-state index contributed by atoms with van der Waals surface area (Å²) >= 11 is 1.74. The van der Waals surface area contributed by atoms with Gasteiger partial charge >= 0.3 is 5.97 Å². The van der Waals surface area contributed by atoms with Gasteiger partial charge in [-0.1, -0.05) is 17.3 Å². The van der Waals surface area contributed by atoms with Gasteiger partial charge < -0.3 is 9.84 Å². The second-order valence-electron chi connectivity index (χ2n) is 4.39. The third-order valence-corrected chi connectivity index (χ3v) is 3.70. The summed E-state index contributed by atoms with van der Waals surface area (Å²) in [5.41, 5.74) is 1.22. The van der Waals surface area contributed by atoms with Crippen LogP contribution in [0.5, 0.6) is 5.75 Å². The number of carboxylic acids is 1. The normalized spacial score (nSPS) is 10.6. The Bertz CT molecular complexity index is 628. The number of methoxy groups -OCH3 is 1. The predicted molar refractivity (Wildman–Crippen MR) is 82.0 cm³/mol. The van der Waals surface area contributed by atoms with Gasteiger partial charge in [0.25, 0.3) is 0 Å². The van der Waals surface area contributed by atoms with Crippen molar-refractivity contribution in [3.05, 3.63) is 30.0 Å². The number of carbonyl (C=O) groups is 1. The van der Waals surface area contributed by atoms with E-state index in [9.17, 15) is 9.90 Å². The lowest BCUT2D eigenvalue weighted by molar-refractivity contribution is 0.0691. The van der Waals surface area contributed by atoms with Crippen LogP contribution in [0.4, 0.5) is 0 Å². The van der Waals surface area contributed by atoms with Crippen molar-refractivity contribution in [1.29, 1.82) is 0 Å². The molecule has 0 saturated heterocycles. The van der Waals surface area contributed by atoms with Crippen LogP contribution in [0, 0.1) is 0 Å². The first-order valence-corrected chi connectivity index (χ1v) is 7.87. The van der Waals surface area contributed by atoms with E-state index in [1.54, 1.807) is 29.6 Å². The molecule has 2 aromatic rings. The van der Waals surface area contributed by atoms with Gasteiger partial charge in [-0.15, -0.1) is 5.10 Å². The molecule has 0 fully saturated rings. The minimum absolute atomic E-state index is 0.0348. The zero-order valence-electron chi connectivity index (χ0n) is 11.9. The van der Waals surface area contributed by atoms with Gasteiger partial charge in [0.2, 0.25) is 0 Å². The number of thioether (sulfide) groups is 1. The van der Waals surface area contributed by atoms with Crippen LogP contribution in [-0.4, -0.2) is 45.2 Å². The molecule has 7 heteroatoms. The standard InChI is InChI=1S/C14H17N3O3S/c1-20-11-6-3-5-10(9-11)13-12(14(18)19)15-16-17(13)7-4-8-21-2/h3,5-6,9H,4,7-8H2,1-2H3,(H,18,19). The Morgan fingerprint density at radius 2 is 2.29 bits per heavy atom. The van der Waals surface area contributed by atoms with Crippen LogP contribution in [0.3, 0.4) is 0 Å². The van der Waals surface area contributed by atoms with E-state index in [0.29, 0.717) is 18.0 Å². The summed E-state index contributed by atoms with van der Waals surface area (Å²) < 4.78 is 6.84. The zero-order chi connectivity index (χ0) is 15.2.